The summed E-state index contributed by atoms with van der Waals surface area (Å²) in [5.41, 5.74) is 4.89. The number of aromatic nitrogens is 2. The molecule has 1 N–H and O–H groups in total. The second-order valence-corrected chi connectivity index (χ2v) is 9.07. The van der Waals surface area contributed by atoms with Crippen molar-refractivity contribution in [3.8, 4) is 5.69 Å². The summed E-state index contributed by atoms with van der Waals surface area (Å²) < 4.78 is 2.00. The highest BCUT2D eigenvalue weighted by Gasteiger charge is 2.35. The normalized spacial score (nSPS) is 20.3. The number of amides is 1. The number of carbonyl (C=O) groups excluding carboxylic acids is 1. The van der Waals surface area contributed by atoms with Crippen molar-refractivity contribution in [1.29, 1.82) is 0 Å². The van der Waals surface area contributed by atoms with Crippen LogP contribution in [0.15, 0.2) is 35.5 Å². The second-order valence-electron chi connectivity index (χ2n) is 9.07. The Morgan fingerprint density at radius 2 is 1.90 bits per heavy atom. The molecule has 0 atom stereocenters. The van der Waals surface area contributed by atoms with Gasteiger partial charge in [0.1, 0.15) is 0 Å². The van der Waals surface area contributed by atoms with Gasteiger partial charge in [-0.25, -0.2) is 9.48 Å². The number of nitrogens with zero attached hydrogens (tertiary/aromatic N) is 3. The Kier molecular flexibility index (Phi) is 5.43. The van der Waals surface area contributed by atoms with Gasteiger partial charge in [0, 0.05) is 11.6 Å². The monoisotopic (exact) mass is 394 g/mol. The van der Waals surface area contributed by atoms with Gasteiger partial charge in [0.25, 0.3) is 0 Å². The summed E-state index contributed by atoms with van der Waals surface area (Å²) in [7, 11) is 0. The highest BCUT2D eigenvalue weighted by atomic mass is 16.7. The van der Waals surface area contributed by atoms with E-state index in [1.807, 2.05) is 29.8 Å². The zero-order valence-corrected chi connectivity index (χ0v) is 17.6. The summed E-state index contributed by atoms with van der Waals surface area (Å²) in [4.78, 5) is 17.6. The number of aryl methyl sites for hydroxylation is 1. The van der Waals surface area contributed by atoms with E-state index in [2.05, 4.69) is 36.5 Å². The molecule has 0 bridgehead atoms. The van der Waals surface area contributed by atoms with E-state index in [-0.39, 0.29) is 11.5 Å². The molecule has 4 rings (SSSR count). The predicted molar refractivity (Wildman–Crippen MR) is 113 cm³/mol. The van der Waals surface area contributed by atoms with Gasteiger partial charge in [0.05, 0.1) is 22.8 Å². The molecular formula is C23H30N4O2. The maximum Gasteiger partial charge on any atom is 0.433 e. The molecule has 0 spiro atoms. The first-order valence-corrected chi connectivity index (χ1v) is 10.6. The third-order valence-corrected chi connectivity index (χ3v) is 5.90. The van der Waals surface area contributed by atoms with E-state index >= 15 is 0 Å². The molecule has 1 saturated carbocycles. The molecule has 0 aliphatic heterocycles. The van der Waals surface area contributed by atoms with E-state index in [4.69, 9.17) is 9.94 Å². The van der Waals surface area contributed by atoms with Crippen LogP contribution in [-0.2, 0) is 11.3 Å². The molecule has 29 heavy (non-hydrogen) atoms. The van der Waals surface area contributed by atoms with Crippen LogP contribution >= 0.6 is 0 Å². The topological polar surface area (TPSA) is 68.5 Å². The van der Waals surface area contributed by atoms with E-state index in [1.54, 1.807) is 0 Å². The minimum absolute atomic E-state index is 0.00798. The zero-order chi connectivity index (χ0) is 20.4. The first kappa shape index (κ1) is 19.7. The van der Waals surface area contributed by atoms with Crippen molar-refractivity contribution in [2.75, 3.05) is 0 Å². The molecule has 1 fully saturated rings. The van der Waals surface area contributed by atoms with Crippen LogP contribution in [0.5, 0.6) is 0 Å². The van der Waals surface area contributed by atoms with Crippen molar-refractivity contribution in [2.45, 2.75) is 71.8 Å². The molecule has 2 aliphatic carbocycles. The van der Waals surface area contributed by atoms with Gasteiger partial charge in [-0.15, -0.1) is 0 Å². The average Bonchev–Trinajstić information content (AvgIpc) is 3.03. The number of carbonyl (C=O) groups is 1. The predicted octanol–water partition coefficient (Wildman–Crippen LogP) is 4.92. The lowest BCUT2D eigenvalue weighted by atomic mass is 9.75. The minimum atomic E-state index is -0.456. The van der Waals surface area contributed by atoms with E-state index in [0.29, 0.717) is 0 Å². The Hall–Kier alpha value is -2.63. The van der Waals surface area contributed by atoms with Crippen molar-refractivity contribution < 1.29 is 9.63 Å². The maximum absolute atomic E-state index is 12.3. The van der Waals surface area contributed by atoms with Crippen molar-refractivity contribution in [1.82, 2.24) is 15.1 Å². The van der Waals surface area contributed by atoms with Crippen LogP contribution in [0.4, 0.5) is 4.79 Å². The number of oxime groups is 1. The van der Waals surface area contributed by atoms with Gasteiger partial charge in [-0.05, 0) is 50.2 Å². The quantitative estimate of drug-likeness (QED) is 0.594. The summed E-state index contributed by atoms with van der Waals surface area (Å²) in [6, 6.07) is 10.3. The Morgan fingerprint density at radius 1 is 1.17 bits per heavy atom. The lowest BCUT2D eigenvalue weighted by molar-refractivity contribution is 0.142. The summed E-state index contributed by atoms with van der Waals surface area (Å²) >= 11 is 0. The molecule has 1 aromatic heterocycles. The minimum Gasteiger partial charge on any atom is -0.317 e. The lowest BCUT2D eigenvalue weighted by Crippen LogP contribution is -2.36. The summed E-state index contributed by atoms with van der Waals surface area (Å²) in [5.74, 6) is 0. The fourth-order valence-corrected chi connectivity index (χ4v) is 4.57. The molecule has 1 heterocycles. The first-order chi connectivity index (χ1) is 13.9. The van der Waals surface area contributed by atoms with Crippen LogP contribution in [0.2, 0.25) is 0 Å². The first-order valence-electron chi connectivity index (χ1n) is 10.6. The summed E-state index contributed by atoms with van der Waals surface area (Å²) in [5, 5.41) is 12.0. The van der Waals surface area contributed by atoms with Crippen molar-refractivity contribution in [3.05, 3.63) is 47.3 Å². The second kappa shape index (κ2) is 8.01. The molecule has 0 radical (unpaired) electrons. The molecule has 6 nitrogen and oxygen atoms in total. The number of benzene rings is 1. The van der Waals surface area contributed by atoms with E-state index in [1.165, 1.54) is 6.42 Å². The van der Waals surface area contributed by atoms with Crippen molar-refractivity contribution in [3.63, 3.8) is 0 Å². The summed E-state index contributed by atoms with van der Waals surface area (Å²) in [6.07, 6.45) is 6.80. The molecular weight excluding hydrogens is 364 g/mol. The van der Waals surface area contributed by atoms with Crippen molar-refractivity contribution >= 4 is 11.8 Å². The average molecular weight is 395 g/mol. The molecule has 1 amide bonds. The van der Waals surface area contributed by atoms with Gasteiger partial charge < -0.3 is 5.32 Å². The van der Waals surface area contributed by atoms with Gasteiger partial charge in [-0.3, -0.25) is 4.84 Å². The van der Waals surface area contributed by atoms with Crippen LogP contribution in [0.25, 0.3) is 5.69 Å². The molecule has 154 valence electrons. The highest BCUT2D eigenvalue weighted by Crippen LogP contribution is 2.37. The van der Waals surface area contributed by atoms with E-state index in [9.17, 15) is 4.79 Å². The van der Waals surface area contributed by atoms with Gasteiger partial charge in [-0.1, -0.05) is 56.5 Å². The SMILES string of the molecule is Cc1nn(-c2ccccc2)c2c1/C(=N/OC(=O)NC1CCCCC1)CC(C)(C)C2. The molecule has 0 unspecified atom stereocenters. The van der Waals surface area contributed by atoms with Crippen LogP contribution in [0, 0.1) is 12.3 Å². The van der Waals surface area contributed by atoms with Gasteiger partial charge >= 0.3 is 6.09 Å². The number of para-hydroxylation sites is 1. The van der Waals surface area contributed by atoms with E-state index < -0.39 is 6.09 Å². The van der Waals surface area contributed by atoms with Crippen molar-refractivity contribution in [2.24, 2.45) is 10.6 Å². The molecule has 6 heteroatoms. The van der Waals surface area contributed by atoms with Gasteiger partial charge in [0.2, 0.25) is 0 Å². The fourth-order valence-electron chi connectivity index (χ4n) is 4.57. The highest BCUT2D eigenvalue weighted by molar-refractivity contribution is 6.04. The van der Waals surface area contributed by atoms with Gasteiger partial charge in [-0.2, -0.15) is 5.10 Å². The Bertz CT molecular complexity index is 908. The third-order valence-electron chi connectivity index (χ3n) is 5.90. The largest absolute Gasteiger partial charge is 0.433 e. The number of hydrogen-bond acceptors (Lipinski definition) is 4. The molecule has 1 aromatic carbocycles. The number of hydrogen-bond donors (Lipinski definition) is 1. The van der Waals surface area contributed by atoms with Crippen LogP contribution in [0.3, 0.4) is 0 Å². The number of fused-ring (bicyclic) bond motifs is 1. The lowest BCUT2D eigenvalue weighted by Gasteiger charge is -2.30. The fraction of sp³-hybridized carbons (Fsp3) is 0.522. The molecule has 2 aliphatic rings. The smallest absolute Gasteiger partial charge is 0.317 e. The Morgan fingerprint density at radius 3 is 2.62 bits per heavy atom. The standard InChI is InChI=1S/C23H30N4O2/c1-16-21-19(26-29-22(28)24-17-10-6-4-7-11-17)14-23(2,3)15-20(21)27(25-16)18-12-8-5-9-13-18/h5,8-9,12-13,17H,4,6-7,10-11,14-15H2,1-3H3,(H,24,28)/b26-19+. The van der Waals surface area contributed by atoms with E-state index in [0.717, 1.165) is 66.9 Å². The number of nitrogens with one attached hydrogen (secondary N) is 1. The van der Waals surface area contributed by atoms with Crippen LogP contribution in [0.1, 0.15) is 69.3 Å². The Labute approximate surface area is 172 Å². The number of rotatable bonds is 3. The van der Waals surface area contributed by atoms with Crippen LogP contribution in [-0.4, -0.2) is 27.6 Å². The zero-order valence-electron chi connectivity index (χ0n) is 17.6. The molecule has 0 saturated heterocycles. The molecule has 2 aromatic rings. The van der Waals surface area contributed by atoms with Gasteiger partial charge in [0.15, 0.2) is 0 Å². The van der Waals surface area contributed by atoms with Crippen LogP contribution < -0.4 is 5.32 Å². The maximum atomic E-state index is 12.3. The Balaban J connectivity index is 1.59. The third kappa shape index (κ3) is 4.36. The summed E-state index contributed by atoms with van der Waals surface area (Å²) in [6.45, 7) is 6.42.